The van der Waals surface area contributed by atoms with E-state index in [4.69, 9.17) is 15.2 Å². The number of hydrogen-bond acceptors (Lipinski definition) is 4. The molecule has 1 aliphatic heterocycles. The van der Waals surface area contributed by atoms with Crippen LogP contribution in [0.5, 0.6) is 0 Å². The van der Waals surface area contributed by atoms with Gasteiger partial charge in [0.25, 0.3) is 0 Å². The molecule has 1 aliphatic rings. The predicted molar refractivity (Wildman–Crippen MR) is 65.6 cm³/mol. The second-order valence-electron chi connectivity index (χ2n) is 4.61. The molecule has 1 saturated heterocycles. The minimum absolute atomic E-state index is 0.419. The molecule has 0 aromatic heterocycles. The zero-order valence-corrected chi connectivity index (χ0v) is 10.7. The molecule has 0 aromatic carbocycles. The molecule has 2 unspecified atom stereocenters. The van der Waals surface area contributed by atoms with E-state index in [-0.39, 0.29) is 0 Å². The van der Waals surface area contributed by atoms with Crippen LogP contribution in [0.4, 0.5) is 0 Å². The molecule has 1 heterocycles. The molecule has 4 heteroatoms. The average Bonchev–Trinajstić information content (AvgIpc) is 2.76. The number of hydrogen-bond donors (Lipinski definition) is 1. The van der Waals surface area contributed by atoms with Gasteiger partial charge in [-0.05, 0) is 39.3 Å². The highest BCUT2D eigenvalue weighted by molar-refractivity contribution is 4.74. The quantitative estimate of drug-likeness (QED) is 0.671. The fourth-order valence-electron chi connectivity index (χ4n) is 2.24. The van der Waals surface area contributed by atoms with Crippen molar-refractivity contribution in [1.82, 2.24) is 4.90 Å². The van der Waals surface area contributed by atoms with Gasteiger partial charge < -0.3 is 15.2 Å². The maximum absolute atomic E-state index is 5.65. The van der Waals surface area contributed by atoms with Gasteiger partial charge in [0, 0.05) is 26.3 Å². The second kappa shape index (κ2) is 8.01. The molecule has 1 fully saturated rings. The van der Waals surface area contributed by atoms with Gasteiger partial charge in [0.15, 0.2) is 0 Å². The van der Waals surface area contributed by atoms with Crippen molar-refractivity contribution in [2.24, 2.45) is 5.73 Å². The third-order valence-electron chi connectivity index (χ3n) is 3.24. The molecule has 0 aromatic rings. The summed E-state index contributed by atoms with van der Waals surface area (Å²) >= 11 is 0. The van der Waals surface area contributed by atoms with E-state index in [1.807, 2.05) is 0 Å². The van der Waals surface area contributed by atoms with Crippen LogP contribution in [0.25, 0.3) is 0 Å². The van der Waals surface area contributed by atoms with E-state index in [1.54, 1.807) is 7.11 Å². The van der Waals surface area contributed by atoms with Gasteiger partial charge in [-0.2, -0.15) is 0 Å². The van der Waals surface area contributed by atoms with Crippen molar-refractivity contribution in [3.63, 3.8) is 0 Å². The Labute approximate surface area is 99.1 Å². The number of methoxy groups -OCH3 is 1. The predicted octanol–water partition coefficient (Wildman–Crippen LogP) is 0.851. The Bertz CT molecular complexity index is 172. The maximum Gasteiger partial charge on any atom is 0.0702 e. The third kappa shape index (κ3) is 4.78. The largest absolute Gasteiger partial charge is 0.383 e. The van der Waals surface area contributed by atoms with Crippen LogP contribution in [0.3, 0.4) is 0 Å². The normalized spacial score (nSPS) is 22.9. The molecular weight excluding hydrogens is 204 g/mol. The molecule has 4 nitrogen and oxygen atoms in total. The van der Waals surface area contributed by atoms with Gasteiger partial charge in [-0.25, -0.2) is 0 Å². The Balaban J connectivity index is 2.29. The van der Waals surface area contributed by atoms with Crippen molar-refractivity contribution in [2.45, 2.75) is 37.8 Å². The average molecular weight is 230 g/mol. The Kier molecular flexibility index (Phi) is 6.96. The minimum atomic E-state index is 0.419. The van der Waals surface area contributed by atoms with Crippen molar-refractivity contribution in [2.75, 3.05) is 40.5 Å². The summed E-state index contributed by atoms with van der Waals surface area (Å²) in [5, 5.41) is 0. The van der Waals surface area contributed by atoms with E-state index in [2.05, 4.69) is 11.9 Å². The van der Waals surface area contributed by atoms with Crippen LogP contribution in [0.15, 0.2) is 0 Å². The summed E-state index contributed by atoms with van der Waals surface area (Å²) in [7, 11) is 3.91. The van der Waals surface area contributed by atoms with Crippen molar-refractivity contribution in [3.8, 4) is 0 Å². The van der Waals surface area contributed by atoms with E-state index in [9.17, 15) is 0 Å². The van der Waals surface area contributed by atoms with E-state index < -0.39 is 0 Å². The molecule has 0 spiro atoms. The molecule has 0 aliphatic carbocycles. The highest BCUT2D eigenvalue weighted by Gasteiger charge is 2.21. The molecule has 96 valence electrons. The number of nitrogens with zero attached hydrogens (tertiary/aromatic N) is 1. The van der Waals surface area contributed by atoms with Gasteiger partial charge in [-0.1, -0.05) is 0 Å². The summed E-state index contributed by atoms with van der Waals surface area (Å²) < 4.78 is 10.9. The lowest BCUT2D eigenvalue weighted by atomic mass is 10.1. The fourth-order valence-corrected chi connectivity index (χ4v) is 2.24. The highest BCUT2D eigenvalue weighted by Crippen LogP contribution is 2.15. The van der Waals surface area contributed by atoms with Crippen molar-refractivity contribution < 1.29 is 9.47 Å². The molecule has 2 atom stereocenters. The Morgan fingerprint density at radius 3 is 2.94 bits per heavy atom. The SMILES string of the molecule is COCC(CCCN)N(C)CC1CCCO1. The number of likely N-dealkylation sites (N-methyl/N-ethyl adjacent to an activating group) is 1. The number of nitrogens with two attached hydrogens (primary N) is 1. The lowest BCUT2D eigenvalue weighted by molar-refractivity contribution is 0.0431. The molecule has 0 bridgehead atoms. The molecule has 16 heavy (non-hydrogen) atoms. The van der Waals surface area contributed by atoms with Gasteiger partial charge in [0.2, 0.25) is 0 Å². The summed E-state index contributed by atoms with van der Waals surface area (Å²) in [6.45, 7) is 3.48. The lowest BCUT2D eigenvalue weighted by Gasteiger charge is -2.29. The molecule has 0 radical (unpaired) electrons. The standard InChI is InChI=1S/C12H26N2O2/c1-14(9-12-6-4-8-16-12)11(10-15-2)5-3-7-13/h11-12H,3-10,13H2,1-2H3. The van der Waals surface area contributed by atoms with Crippen LogP contribution in [0.1, 0.15) is 25.7 Å². The van der Waals surface area contributed by atoms with Crippen LogP contribution >= 0.6 is 0 Å². The molecule has 1 rings (SSSR count). The van der Waals surface area contributed by atoms with Gasteiger partial charge in [0.05, 0.1) is 12.7 Å². The van der Waals surface area contributed by atoms with Crippen LogP contribution in [0, 0.1) is 0 Å². The maximum atomic E-state index is 5.65. The Hall–Kier alpha value is -0.160. The summed E-state index contributed by atoms with van der Waals surface area (Å²) in [5.74, 6) is 0. The van der Waals surface area contributed by atoms with E-state index in [0.29, 0.717) is 12.1 Å². The third-order valence-corrected chi connectivity index (χ3v) is 3.24. The van der Waals surface area contributed by atoms with Gasteiger partial charge >= 0.3 is 0 Å². The van der Waals surface area contributed by atoms with Crippen LogP contribution in [0.2, 0.25) is 0 Å². The second-order valence-corrected chi connectivity index (χ2v) is 4.61. The monoisotopic (exact) mass is 230 g/mol. The number of rotatable bonds is 8. The van der Waals surface area contributed by atoms with Crippen LogP contribution in [-0.2, 0) is 9.47 Å². The van der Waals surface area contributed by atoms with Crippen molar-refractivity contribution >= 4 is 0 Å². The number of ether oxygens (including phenoxy) is 2. The van der Waals surface area contributed by atoms with Gasteiger partial charge in [0.1, 0.15) is 0 Å². The Morgan fingerprint density at radius 2 is 2.38 bits per heavy atom. The summed E-state index contributed by atoms with van der Waals surface area (Å²) in [5.41, 5.74) is 5.55. The van der Waals surface area contributed by atoms with Crippen molar-refractivity contribution in [3.05, 3.63) is 0 Å². The van der Waals surface area contributed by atoms with E-state index in [0.717, 1.165) is 39.1 Å². The summed E-state index contributed by atoms with van der Waals surface area (Å²) in [6.07, 6.45) is 4.98. The Morgan fingerprint density at radius 1 is 1.56 bits per heavy atom. The topological polar surface area (TPSA) is 47.7 Å². The first-order valence-corrected chi connectivity index (χ1v) is 6.28. The first kappa shape index (κ1) is 13.9. The first-order valence-electron chi connectivity index (χ1n) is 6.28. The molecule has 2 N–H and O–H groups in total. The summed E-state index contributed by atoms with van der Waals surface area (Å²) in [4.78, 5) is 2.36. The fraction of sp³-hybridized carbons (Fsp3) is 1.00. The lowest BCUT2D eigenvalue weighted by Crippen LogP contribution is -2.40. The zero-order valence-electron chi connectivity index (χ0n) is 10.7. The molecular formula is C12H26N2O2. The van der Waals surface area contributed by atoms with E-state index >= 15 is 0 Å². The van der Waals surface area contributed by atoms with Crippen LogP contribution in [-0.4, -0.2) is 57.5 Å². The van der Waals surface area contributed by atoms with E-state index in [1.165, 1.54) is 12.8 Å². The van der Waals surface area contributed by atoms with Gasteiger partial charge in [-0.3, -0.25) is 4.90 Å². The van der Waals surface area contributed by atoms with Gasteiger partial charge in [-0.15, -0.1) is 0 Å². The smallest absolute Gasteiger partial charge is 0.0702 e. The zero-order chi connectivity index (χ0) is 11.8. The van der Waals surface area contributed by atoms with Crippen molar-refractivity contribution in [1.29, 1.82) is 0 Å². The van der Waals surface area contributed by atoms with Crippen LogP contribution < -0.4 is 5.73 Å². The molecule has 0 amide bonds. The first-order chi connectivity index (χ1) is 7.77. The summed E-state index contributed by atoms with van der Waals surface area (Å²) in [6, 6.07) is 0.470. The minimum Gasteiger partial charge on any atom is -0.383 e. The molecule has 0 saturated carbocycles. The highest BCUT2D eigenvalue weighted by atomic mass is 16.5.